The fourth-order valence-corrected chi connectivity index (χ4v) is 3.50. The van der Waals surface area contributed by atoms with Crippen LogP contribution in [0, 0.1) is 13.8 Å². The average molecular weight is 396 g/mol. The van der Waals surface area contributed by atoms with Gasteiger partial charge in [0.05, 0.1) is 17.9 Å². The van der Waals surface area contributed by atoms with Gasteiger partial charge in [0, 0.05) is 37.2 Å². The molecule has 0 saturated carbocycles. The minimum atomic E-state index is -0.252. The maximum atomic E-state index is 12.7. The number of aryl methyl sites for hydroxylation is 2. The molecular weight excluding hydrogens is 368 g/mol. The number of aromatic nitrogens is 1. The largest absolute Gasteiger partial charge is 0.450 e. The topological polar surface area (TPSA) is 83.6 Å². The van der Waals surface area contributed by atoms with Crippen molar-refractivity contribution in [2.45, 2.75) is 39.7 Å². The summed E-state index contributed by atoms with van der Waals surface area (Å²) in [6, 6.07) is 7.95. The van der Waals surface area contributed by atoms with Gasteiger partial charge in [-0.3, -0.25) is 9.78 Å². The highest BCUT2D eigenvalue weighted by Gasteiger charge is 2.23. The predicted molar refractivity (Wildman–Crippen MR) is 113 cm³/mol. The van der Waals surface area contributed by atoms with Crippen LogP contribution in [0.15, 0.2) is 36.7 Å². The molecule has 1 aliphatic heterocycles. The number of hydrogen-bond acceptors (Lipinski definition) is 5. The van der Waals surface area contributed by atoms with Gasteiger partial charge in [0.25, 0.3) is 5.91 Å². The maximum absolute atomic E-state index is 12.7. The van der Waals surface area contributed by atoms with Crippen molar-refractivity contribution in [3.8, 4) is 0 Å². The van der Waals surface area contributed by atoms with E-state index in [4.69, 9.17) is 4.74 Å². The van der Waals surface area contributed by atoms with Crippen LogP contribution >= 0.6 is 0 Å². The van der Waals surface area contributed by atoms with Gasteiger partial charge >= 0.3 is 6.09 Å². The summed E-state index contributed by atoms with van der Waals surface area (Å²) >= 11 is 0. The Balaban J connectivity index is 1.60. The van der Waals surface area contributed by atoms with Crippen molar-refractivity contribution in [3.63, 3.8) is 0 Å². The van der Waals surface area contributed by atoms with Crippen LogP contribution in [0.1, 0.15) is 41.3 Å². The lowest BCUT2D eigenvalue weighted by Gasteiger charge is -2.32. The molecule has 0 unspecified atom stereocenters. The highest BCUT2D eigenvalue weighted by Crippen LogP contribution is 2.21. The second-order valence-corrected chi connectivity index (χ2v) is 7.29. The molecule has 7 nitrogen and oxygen atoms in total. The molecule has 0 aliphatic carbocycles. The van der Waals surface area contributed by atoms with Crippen LogP contribution in [0.4, 0.5) is 16.2 Å². The van der Waals surface area contributed by atoms with Gasteiger partial charge in [-0.2, -0.15) is 0 Å². The van der Waals surface area contributed by atoms with Gasteiger partial charge < -0.3 is 20.3 Å². The van der Waals surface area contributed by atoms with Gasteiger partial charge in [-0.05, 0) is 50.8 Å². The monoisotopic (exact) mass is 396 g/mol. The molecule has 2 amide bonds. The minimum absolute atomic E-state index is 0.185. The third-order valence-electron chi connectivity index (χ3n) is 5.11. The third-order valence-corrected chi connectivity index (χ3v) is 5.11. The van der Waals surface area contributed by atoms with Crippen molar-refractivity contribution in [3.05, 3.63) is 53.3 Å². The van der Waals surface area contributed by atoms with E-state index < -0.39 is 0 Å². The Morgan fingerprint density at radius 2 is 1.86 bits per heavy atom. The Morgan fingerprint density at radius 3 is 2.52 bits per heavy atom. The summed E-state index contributed by atoms with van der Waals surface area (Å²) in [6.45, 7) is 7.44. The zero-order valence-corrected chi connectivity index (χ0v) is 17.2. The van der Waals surface area contributed by atoms with E-state index in [0.29, 0.717) is 25.3 Å². The van der Waals surface area contributed by atoms with Crippen molar-refractivity contribution < 1.29 is 14.3 Å². The smallest absolute Gasteiger partial charge is 0.409 e. The number of benzene rings is 1. The molecule has 1 aliphatic rings. The molecule has 2 heterocycles. The molecule has 0 spiro atoms. The van der Waals surface area contributed by atoms with Crippen LogP contribution in [0.5, 0.6) is 0 Å². The number of para-hydroxylation sites is 1. The number of likely N-dealkylation sites (tertiary alicyclic amines) is 1. The first-order chi connectivity index (χ1) is 14.0. The molecule has 154 valence electrons. The average Bonchev–Trinajstić information content (AvgIpc) is 2.71. The van der Waals surface area contributed by atoms with E-state index in [1.807, 2.05) is 45.0 Å². The normalized spacial score (nSPS) is 14.4. The summed E-state index contributed by atoms with van der Waals surface area (Å²) in [4.78, 5) is 30.5. The maximum Gasteiger partial charge on any atom is 0.409 e. The number of nitrogens with one attached hydrogen (secondary N) is 2. The SMILES string of the molecule is CCOC(=O)N1CCC(Nc2cncc(C(=O)Nc3c(C)cccc3C)c2)CC1. The fourth-order valence-electron chi connectivity index (χ4n) is 3.50. The number of pyridine rings is 1. The first-order valence-electron chi connectivity index (χ1n) is 9.98. The molecule has 0 radical (unpaired) electrons. The fraction of sp³-hybridized carbons (Fsp3) is 0.409. The summed E-state index contributed by atoms with van der Waals surface area (Å²) in [5.41, 5.74) is 4.18. The van der Waals surface area contributed by atoms with E-state index >= 15 is 0 Å². The molecule has 7 heteroatoms. The van der Waals surface area contributed by atoms with E-state index in [-0.39, 0.29) is 18.0 Å². The number of carbonyl (C=O) groups excluding carboxylic acids is 2. The van der Waals surface area contributed by atoms with Gasteiger partial charge in [-0.15, -0.1) is 0 Å². The lowest BCUT2D eigenvalue weighted by atomic mass is 10.0. The van der Waals surface area contributed by atoms with E-state index in [0.717, 1.165) is 35.3 Å². The molecule has 1 aromatic heterocycles. The van der Waals surface area contributed by atoms with Crippen LogP contribution in [0.3, 0.4) is 0 Å². The third kappa shape index (κ3) is 5.25. The summed E-state index contributed by atoms with van der Waals surface area (Å²) < 4.78 is 5.05. The van der Waals surface area contributed by atoms with Crippen molar-refractivity contribution in [2.75, 3.05) is 30.3 Å². The van der Waals surface area contributed by atoms with Crippen molar-refractivity contribution in [1.82, 2.24) is 9.88 Å². The second-order valence-electron chi connectivity index (χ2n) is 7.29. The van der Waals surface area contributed by atoms with Crippen molar-refractivity contribution >= 4 is 23.4 Å². The van der Waals surface area contributed by atoms with Gasteiger partial charge in [-0.25, -0.2) is 4.79 Å². The highest BCUT2D eigenvalue weighted by molar-refractivity contribution is 6.05. The number of hydrogen-bond donors (Lipinski definition) is 2. The Bertz CT molecular complexity index is 856. The van der Waals surface area contributed by atoms with Gasteiger partial charge in [0.15, 0.2) is 0 Å². The molecule has 2 aromatic rings. The quantitative estimate of drug-likeness (QED) is 0.799. The molecular formula is C22H28N4O3. The number of anilines is 2. The molecule has 29 heavy (non-hydrogen) atoms. The predicted octanol–water partition coefficient (Wildman–Crippen LogP) is 3.98. The first-order valence-corrected chi connectivity index (χ1v) is 9.98. The number of ether oxygens (including phenoxy) is 1. The first kappa shape index (κ1) is 20.6. The molecule has 0 bridgehead atoms. The van der Waals surface area contributed by atoms with Gasteiger partial charge in [-0.1, -0.05) is 18.2 Å². The molecule has 3 rings (SSSR count). The minimum Gasteiger partial charge on any atom is -0.450 e. The van der Waals surface area contributed by atoms with Crippen molar-refractivity contribution in [1.29, 1.82) is 0 Å². The number of amides is 2. The van der Waals surface area contributed by atoms with E-state index in [1.54, 1.807) is 17.3 Å². The van der Waals surface area contributed by atoms with Gasteiger partial charge in [0.2, 0.25) is 0 Å². The number of carbonyl (C=O) groups is 2. The van der Waals surface area contributed by atoms with Crippen molar-refractivity contribution in [2.24, 2.45) is 0 Å². The van der Waals surface area contributed by atoms with E-state index in [2.05, 4.69) is 15.6 Å². The summed E-state index contributed by atoms with van der Waals surface area (Å²) in [7, 11) is 0. The zero-order valence-electron chi connectivity index (χ0n) is 17.2. The molecule has 1 fully saturated rings. The second kappa shape index (κ2) is 9.41. The van der Waals surface area contributed by atoms with E-state index in [9.17, 15) is 9.59 Å². The Kier molecular flexibility index (Phi) is 6.69. The van der Waals surface area contributed by atoms with Crippen LogP contribution in [0.25, 0.3) is 0 Å². The number of nitrogens with zero attached hydrogens (tertiary/aromatic N) is 2. The molecule has 0 atom stereocenters. The number of piperidine rings is 1. The Labute approximate surface area is 171 Å². The van der Waals surface area contributed by atoms with Gasteiger partial charge in [0.1, 0.15) is 0 Å². The van der Waals surface area contributed by atoms with E-state index in [1.165, 1.54) is 0 Å². The molecule has 2 N–H and O–H groups in total. The Hall–Kier alpha value is -3.09. The van der Waals surface area contributed by atoms with Crippen LogP contribution < -0.4 is 10.6 Å². The summed E-state index contributed by atoms with van der Waals surface area (Å²) in [5.74, 6) is -0.185. The zero-order chi connectivity index (χ0) is 20.8. The Morgan fingerprint density at radius 1 is 1.17 bits per heavy atom. The van der Waals surface area contributed by atoms with Crippen LogP contribution in [0.2, 0.25) is 0 Å². The van der Waals surface area contributed by atoms with Crippen LogP contribution in [-0.4, -0.2) is 47.6 Å². The molecule has 1 aromatic carbocycles. The summed E-state index contributed by atoms with van der Waals surface area (Å²) in [5, 5.41) is 6.42. The lowest BCUT2D eigenvalue weighted by molar-refractivity contribution is 0.0981. The lowest BCUT2D eigenvalue weighted by Crippen LogP contribution is -2.42. The van der Waals surface area contributed by atoms with Crippen LogP contribution in [-0.2, 0) is 4.74 Å². The molecule has 1 saturated heterocycles. The number of rotatable bonds is 5. The highest BCUT2D eigenvalue weighted by atomic mass is 16.6. The summed E-state index contributed by atoms with van der Waals surface area (Å²) in [6.07, 6.45) is 4.66. The standard InChI is InChI=1S/C22H28N4O3/c1-4-29-22(28)26-10-8-18(9-11-26)24-19-12-17(13-23-14-19)21(27)25-20-15(2)6-5-7-16(20)3/h5-7,12-14,18,24H,4,8-11H2,1-3H3,(H,25,27).